The Morgan fingerprint density at radius 3 is 2.64 bits per heavy atom. The number of hydrogen-bond donors (Lipinski definition) is 3. The number of anilines is 3. The SMILES string of the molecule is Nc1n[nH]c2c1c(Nc1ccc(F)cc1)nc1ccccc12. The first-order chi connectivity index (χ1) is 10.7. The van der Waals surface area contributed by atoms with Crippen molar-refractivity contribution < 1.29 is 4.39 Å². The van der Waals surface area contributed by atoms with E-state index in [1.54, 1.807) is 12.1 Å². The standard InChI is InChI=1S/C16H12FN5/c17-9-5-7-10(8-6-9)19-16-13-14(21-22-15(13)18)11-3-1-2-4-12(11)20-16/h1-8H,(H,19,20)(H3,18,21,22). The minimum absolute atomic E-state index is 0.287. The minimum Gasteiger partial charge on any atom is -0.382 e. The molecule has 0 saturated carbocycles. The number of fused-ring (bicyclic) bond motifs is 3. The number of nitrogens with zero attached hydrogens (tertiary/aromatic N) is 2. The number of nitrogens with two attached hydrogens (primary N) is 1. The zero-order valence-electron chi connectivity index (χ0n) is 11.5. The Hall–Kier alpha value is -3.15. The molecule has 0 fully saturated rings. The molecule has 2 aromatic carbocycles. The van der Waals surface area contributed by atoms with Crippen LogP contribution in [0.1, 0.15) is 0 Å². The molecule has 0 spiro atoms. The van der Waals surface area contributed by atoms with E-state index in [9.17, 15) is 4.39 Å². The lowest BCUT2D eigenvalue weighted by atomic mass is 10.1. The monoisotopic (exact) mass is 293 g/mol. The van der Waals surface area contributed by atoms with Gasteiger partial charge in [-0.1, -0.05) is 18.2 Å². The Morgan fingerprint density at radius 1 is 1.05 bits per heavy atom. The van der Waals surface area contributed by atoms with Gasteiger partial charge < -0.3 is 11.1 Å². The number of nitrogens with one attached hydrogen (secondary N) is 2. The summed E-state index contributed by atoms with van der Waals surface area (Å²) in [7, 11) is 0. The fraction of sp³-hybridized carbons (Fsp3) is 0. The number of nitrogen functional groups attached to an aromatic ring is 1. The van der Waals surface area contributed by atoms with Crippen molar-refractivity contribution in [1.29, 1.82) is 0 Å². The summed E-state index contributed by atoms with van der Waals surface area (Å²) in [6, 6.07) is 13.8. The number of hydrogen-bond acceptors (Lipinski definition) is 4. The zero-order chi connectivity index (χ0) is 15.1. The smallest absolute Gasteiger partial charge is 0.156 e. The normalized spacial score (nSPS) is 11.1. The number of para-hydroxylation sites is 1. The first kappa shape index (κ1) is 12.6. The molecule has 0 radical (unpaired) electrons. The highest BCUT2D eigenvalue weighted by Crippen LogP contribution is 2.32. The van der Waals surface area contributed by atoms with Crippen LogP contribution in [-0.2, 0) is 0 Å². The Labute approximate surface area is 125 Å². The highest BCUT2D eigenvalue weighted by molar-refractivity contribution is 6.12. The lowest BCUT2D eigenvalue weighted by molar-refractivity contribution is 0.628. The molecule has 108 valence electrons. The van der Waals surface area contributed by atoms with Crippen LogP contribution in [0.4, 0.5) is 21.7 Å². The van der Waals surface area contributed by atoms with E-state index in [2.05, 4.69) is 20.5 Å². The summed E-state index contributed by atoms with van der Waals surface area (Å²) >= 11 is 0. The van der Waals surface area contributed by atoms with E-state index in [1.807, 2.05) is 24.3 Å². The molecule has 0 saturated heterocycles. The number of halogens is 1. The van der Waals surface area contributed by atoms with Crippen LogP contribution in [0.5, 0.6) is 0 Å². The summed E-state index contributed by atoms with van der Waals surface area (Å²) in [4.78, 5) is 4.61. The van der Waals surface area contributed by atoms with Gasteiger partial charge in [0.15, 0.2) is 5.82 Å². The van der Waals surface area contributed by atoms with Crippen LogP contribution in [0.2, 0.25) is 0 Å². The molecule has 0 unspecified atom stereocenters. The van der Waals surface area contributed by atoms with Crippen molar-refractivity contribution >= 4 is 39.1 Å². The highest BCUT2D eigenvalue weighted by atomic mass is 19.1. The van der Waals surface area contributed by atoms with E-state index < -0.39 is 0 Å². The maximum atomic E-state index is 13.0. The summed E-state index contributed by atoms with van der Waals surface area (Å²) in [5, 5.41) is 11.9. The molecule has 22 heavy (non-hydrogen) atoms. The summed E-state index contributed by atoms with van der Waals surface area (Å²) in [5.41, 5.74) is 8.34. The zero-order valence-corrected chi connectivity index (χ0v) is 11.5. The summed E-state index contributed by atoms with van der Waals surface area (Å²) in [6.45, 7) is 0. The third-order valence-corrected chi connectivity index (χ3v) is 3.54. The van der Waals surface area contributed by atoms with Crippen molar-refractivity contribution in [1.82, 2.24) is 15.2 Å². The van der Waals surface area contributed by atoms with Crippen molar-refractivity contribution in [3.63, 3.8) is 0 Å². The molecule has 4 rings (SSSR count). The number of aromatic amines is 1. The second-order valence-electron chi connectivity index (χ2n) is 4.97. The van der Waals surface area contributed by atoms with Gasteiger partial charge in [-0.25, -0.2) is 9.37 Å². The lowest BCUT2D eigenvalue weighted by Gasteiger charge is -2.09. The number of rotatable bonds is 2. The van der Waals surface area contributed by atoms with Gasteiger partial charge in [0.25, 0.3) is 0 Å². The van der Waals surface area contributed by atoms with Gasteiger partial charge in [-0.2, -0.15) is 5.10 Å². The Kier molecular flexibility index (Phi) is 2.69. The summed E-state index contributed by atoms with van der Waals surface area (Å²) < 4.78 is 13.0. The molecule has 4 aromatic rings. The van der Waals surface area contributed by atoms with Crippen molar-refractivity contribution in [2.45, 2.75) is 0 Å². The second kappa shape index (κ2) is 4.70. The molecule has 4 N–H and O–H groups in total. The van der Waals surface area contributed by atoms with Crippen LogP contribution in [0.15, 0.2) is 48.5 Å². The van der Waals surface area contributed by atoms with E-state index >= 15 is 0 Å². The Bertz CT molecular complexity index is 975. The number of aromatic nitrogens is 3. The van der Waals surface area contributed by atoms with Gasteiger partial charge in [-0.15, -0.1) is 0 Å². The van der Waals surface area contributed by atoms with Crippen molar-refractivity contribution in [2.75, 3.05) is 11.1 Å². The molecule has 5 nitrogen and oxygen atoms in total. The van der Waals surface area contributed by atoms with E-state index in [1.165, 1.54) is 12.1 Å². The predicted molar refractivity (Wildman–Crippen MR) is 85.5 cm³/mol. The maximum Gasteiger partial charge on any atom is 0.156 e. The lowest BCUT2D eigenvalue weighted by Crippen LogP contribution is -1.97. The predicted octanol–water partition coefficient (Wildman–Crippen LogP) is 3.58. The quantitative estimate of drug-likeness (QED) is 0.528. The third kappa shape index (κ3) is 1.93. The second-order valence-corrected chi connectivity index (χ2v) is 4.97. The topological polar surface area (TPSA) is 79.6 Å². The van der Waals surface area contributed by atoms with Crippen molar-refractivity contribution in [2.24, 2.45) is 0 Å². The van der Waals surface area contributed by atoms with E-state index in [-0.39, 0.29) is 5.82 Å². The van der Waals surface area contributed by atoms with Gasteiger partial charge in [-0.3, -0.25) is 5.10 Å². The van der Waals surface area contributed by atoms with Crippen LogP contribution in [0, 0.1) is 5.82 Å². The fourth-order valence-corrected chi connectivity index (χ4v) is 2.51. The molecule has 2 aromatic heterocycles. The van der Waals surface area contributed by atoms with Gasteiger partial charge >= 0.3 is 0 Å². The van der Waals surface area contributed by atoms with Crippen molar-refractivity contribution in [3.05, 3.63) is 54.3 Å². The maximum absolute atomic E-state index is 13.0. The molecule has 0 atom stereocenters. The van der Waals surface area contributed by atoms with Crippen molar-refractivity contribution in [3.8, 4) is 0 Å². The average molecular weight is 293 g/mol. The van der Waals surface area contributed by atoms with Gasteiger partial charge in [0.05, 0.1) is 16.4 Å². The van der Waals surface area contributed by atoms with Gasteiger partial charge in [-0.05, 0) is 30.3 Å². The van der Waals surface area contributed by atoms with Gasteiger partial charge in [0.2, 0.25) is 0 Å². The van der Waals surface area contributed by atoms with E-state index in [0.717, 1.165) is 27.5 Å². The molecule has 2 heterocycles. The minimum atomic E-state index is -0.287. The average Bonchev–Trinajstić information content (AvgIpc) is 2.92. The number of pyridine rings is 1. The molecule has 0 aliphatic rings. The third-order valence-electron chi connectivity index (χ3n) is 3.54. The Balaban J connectivity index is 1.94. The molecular formula is C16H12FN5. The van der Waals surface area contributed by atoms with Gasteiger partial charge in [0, 0.05) is 11.1 Å². The molecule has 0 aliphatic carbocycles. The highest BCUT2D eigenvalue weighted by Gasteiger charge is 2.13. The van der Waals surface area contributed by atoms with Crippen LogP contribution >= 0.6 is 0 Å². The Morgan fingerprint density at radius 2 is 1.82 bits per heavy atom. The molecule has 0 aliphatic heterocycles. The van der Waals surface area contributed by atoms with Crippen LogP contribution < -0.4 is 11.1 Å². The van der Waals surface area contributed by atoms with Crippen LogP contribution in [-0.4, -0.2) is 15.2 Å². The number of H-pyrrole nitrogens is 1. The number of benzene rings is 2. The van der Waals surface area contributed by atoms with E-state index in [4.69, 9.17) is 5.73 Å². The van der Waals surface area contributed by atoms with Gasteiger partial charge in [0.1, 0.15) is 11.6 Å². The summed E-state index contributed by atoms with van der Waals surface area (Å²) in [5.74, 6) is 0.675. The van der Waals surface area contributed by atoms with Crippen LogP contribution in [0.25, 0.3) is 21.8 Å². The molecule has 6 heteroatoms. The molecule has 0 bridgehead atoms. The fourth-order valence-electron chi connectivity index (χ4n) is 2.51. The van der Waals surface area contributed by atoms with Crippen LogP contribution in [0.3, 0.4) is 0 Å². The first-order valence-corrected chi connectivity index (χ1v) is 6.77. The molecule has 0 amide bonds. The first-order valence-electron chi connectivity index (χ1n) is 6.77. The largest absolute Gasteiger partial charge is 0.382 e. The summed E-state index contributed by atoms with van der Waals surface area (Å²) in [6.07, 6.45) is 0. The molecular weight excluding hydrogens is 281 g/mol. The van der Waals surface area contributed by atoms with E-state index in [0.29, 0.717) is 11.6 Å².